The van der Waals surface area contributed by atoms with Crippen molar-refractivity contribution in [2.24, 2.45) is 4.99 Å². The number of hydrogen-bond donors (Lipinski definition) is 2. The predicted octanol–water partition coefficient (Wildman–Crippen LogP) is 2.50. The van der Waals surface area contributed by atoms with E-state index in [9.17, 15) is 0 Å². The van der Waals surface area contributed by atoms with Gasteiger partial charge in [-0.05, 0) is 31.2 Å². The summed E-state index contributed by atoms with van der Waals surface area (Å²) in [5.74, 6) is 1.82. The molecule has 5 nitrogen and oxygen atoms in total. The number of aliphatic imine (C=N–C) groups is 1. The predicted molar refractivity (Wildman–Crippen MR) is 96.2 cm³/mol. The Hall–Kier alpha value is -1.44. The van der Waals surface area contributed by atoms with Crippen molar-refractivity contribution in [2.75, 3.05) is 19.6 Å². The Balaban J connectivity index is 0.00000220. The Kier molecular flexibility index (Phi) is 8.65. The SMILES string of the molecule is CCNC(=NCCc1ccco1)NCCn1cccc1.I. The first-order valence-electron chi connectivity index (χ1n) is 7.04. The molecule has 0 unspecified atom stereocenters. The van der Waals surface area contributed by atoms with E-state index in [1.165, 1.54) is 0 Å². The largest absolute Gasteiger partial charge is 0.469 e. The molecule has 2 N–H and O–H groups in total. The van der Waals surface area contributed by atoms with Gasteiger partial charge in [-0.1, -0.05) is 0 Å². The molecule has 0 saturated heterocycles. The van der Waals surface area contributed by atoms with Crippen LogP contribution in [0.2, 0.25) is 0 Å². The van der Waals surface area contributed by atoms with Gasteiger partial charge in [-0.25, -0.2) is 0 Å². The van der Waals surface area contributed by atoms with Gasteiger partial charge in [-0.3, -0.25) is 4.99 Å². The quantitative estimate of drug-likeness (QED) is 0.425. The number of hydrogen-bond acceptors (Lipinski definition) is 2. The molecule has 116 valence electrons. The summed E-state index contributed by atoms with van der Waals surface area (Å²) in [6, 6.07) is 7.94. The van der Waals surface area contributed by atoms with Crippen LogP contribution in [0.5, 0.6) is 0 Å². The van der Waals surface area contributed by atoms with Crippen LogP contribution in [0.4, 0.5) is 0 Å². The van der Waals surface area contributed by atoms with Gasteiger partial charge in [0.1, 0.15) is 5.76 Å². The standard InChI is InChI=1S/C15H22N4O.HI/c1-2-16-15(17-8-7-14-6-5-13-20-14)18-9-12-19-10-3-4-11-19;/h3-6,10-11,13H,2,7-9,12H2,1H3,(H2,16,17,18);1H. The van der Waals surface area contributed by atoms with Gasteiger partial charge < -0.3 is 19.6 Å². The summed E-state index contributed by atoms with van der Waals surface area (Å²) in [7, 11) is 0. The Morgan fingerprint density at radius 1 is 1.24 bits per heavy atom. The van der Waals surface area contributed by atoms with Crippen molar-refractivity contribution in [3.63, 3.8) is 0 Å². The maximum absolute atomic E-state index is 5.29. The third kappa shape index (κ3) is 6.70. The highest BCUT2D eigenvalue weighted by Crippen LogP contribution is 2.00. The van der Waals surface area contributed by atoms with Crippen LogP contribution in [0.15, 0.2) is 52.3 Å². The number of furan rings is 1. The summed E-state index contributed by atoms with van der Waals surface area (Å²) in [4.78, 5) is 4.53. The highest BCUT2D eigenvalue weighted by Gasteiger charge is 1.98. The fraction of sp³-hybridized carbons (Fsp3) is 0.400. The van der Waals surface area contributed by atoms with Gasteiger partial charge in [0.2, 0.25) is 0 Å². The summed E-state index contributed by atoms with van der Waals surface area (Å²) >= 11 is 0. The first-order valence-corrected chi connectivity index (χ1v) is 7.04. The van der Waals surface area contributed by atoms with Crippen LogP contribution in [0.3, 0.4) is 0 Å². The highest BCUT2D eigenvalue weighted by molar-refractivity contribution is 14.0. The summed E-state index contributed by atoms with van der Waals surface area (Å²) in [6.45, 7) is 5.41. The molecule has 21 heavy (non-hydrogen) atoms. The molecule has 0 aromatic carbocycles. The summed E-state index contributed by atoms with van der Waals surface area (Å²) < 4.78 is 7.43. The van der Waals surface area contributed by atoms with Gasteiger partial charge in [0.25, 0.3) is 0 Å². The van der Waals surface area contributed by atoms with Crippen molar-refractivity contribution < 1.29 is 4.42 Å². The molecule has 0 radical (unpaired) electrons. The average Bonchev–Trinajstić information content (AvgIpc) is 3.11. The Labute approximate surface area is 142 Å². The maximum atomic E-state index is 5.29. The van der Waals surface area contributed by atoms with Crippen molar-refractivity contribution in [2.45, 2.75) is 19.9 Å². The molecular weight excluding hydrogens is 379 g/mol. The lowest BCUT2D eigenvalue weighted by molar-refractivity contribution is 0.510. The van der Waals surface area contributed by atoms with Crippen LogP contribution < -0.4 is 10.6 Å². The molecule has 0 fully saturated rings. The van der Waals surface area contributed by atoms with Gasteiger partial charge in [0, 0.05) is 45.0 Å². The summed E-state index contributed by atoms with van der Waals surface area (Å²) in [5.41, 5.74) is 0. The molecule has 2 aromatic heterocycles. The van der Waals surface area contributed by atoms with Gasteiger partial charge in [-0.2, -0.15) is 0 Å². The van der Waals surface area contributed by atoms with E-state index >= 15 is 0 Å². The molecule has 6 heteroatoms. The van der Waals surface area contributed by atoms with E-state index < -0.39 is 0 Å². The Morgan fingerprint density at radius 2 is 2.05 bits per heavy atom. The lowest BCUT2D eigenvalue weighted by atomic mass is 10.3. The third-order valence-electron chi connectivity index (χ3n) is 2.88. The second-order valence-electron chi connectivity index (χ2n) is 4.44. The number of guanidine groups is 1. The zero-order valence-electron chi connectivity index (χ0n) is 12.3. The van der Waals surface area contributed by atoms with E-state index in [0.29, 0.717) is 6.54 Å². The van der Waals surface area contributed by atoms with Crippen LogP contribution in [0.1, 0.15) is 12.7 Å². The Morgan fingerprint density at radius 3 is 2.71 bits per heavy atom. The van der Waals surface area contributed by atoms with E-state index in [4.69, 9.17) is 4.42 Å². The van der Waals surface area contributed by atoms with Gasteiger partial charge in [0.15, 0.2) is 5.96 Å². The molecule has 0 aliphatic rings. The topological polar surface area (TPSA) is 54.5 Å². The molecule has 0 bridgehead atoms. The van der Waals surface area contributed by atoms with Crippen molar-refractivity contribution in [1.82, 2.24) is 15.2 Å². The smallest absolute Gasteiger partial charge is 0.191 e. The van der Waals surface area contributed by atoms with Crippen LogP contribution in [0, 0.1) is 0 Å². The minimum Gasteiger partial charge on any atom is -0.469 e. The fourth-order valence-corrected chi connectivity index (χ4v) is 1.90. The van der Waals surface area contributed by atoms with Gasteiger partial charge in [0.05, 0.1) is 6.26 Å². The first-order chi connectivity index (χ1) is 9.88. The number of nitrogens with one attached hydrogen (secondary N) is 2. The fourth-order valence-electron chi connectivity index (χ4n) is 1.90. The zero-order valence-corrected chi connectivity index (χ0v) is 14.6. The highest BCUT2D eigenvalue weighted by atomic mass is 127. The van der Waals surface area contributed by atoms with Crippen LogP contribution in [0.25, 0.3) is 0 Å². The Bertz CT molecular complexity index is 494. The van der Waals surface area contributed by atoms with E-state index in [2.05, 4.69) is 39.5 Å². The molecule has 0 spiro atoms. The van der Waals surface area contributed by atoms with Crippen LogP contribution >= 0.6 is 24.0 Å². The number of rotatable bonds is 7. The minimum absolute atomic E-state index is 0. The minimum atomic E-state index is 0. The molecule has 0 aliphatic carbocycles. The zero-order chi connectivity index (χ0) is 14.0. The molecule has 2 rings (SSSR count). The molecule has 0 amide bonds. The third-order valence-corrected chi connectivity index (χ3v) is 2.88. The van der Waals surface area contributed by atoms with Crippen molar-refractivity contribution >= 4 is 29.9 Å². The second-order valence-corrected chi connectivity index (χ2v) is 4.44. The van der Waals surface area contributed by atoms with Gasteiger partial charge >= 0.3 is 0 Å². The lowest BCUT2D eigenvalue weighted by Crippen LogP contribution is -2.39. The molecular formula is C15H23IN4O. The van der Waals surface area contributed by atoms with E-state index in [1.54, 1.807) is 6.26 Å². The maximum Gasteiger partial charge on any atom is 0.191 e. The second kappa shape index (κ2) is 10.3. The van der Waals surface area contributed by atoms with Crippen molar-refractivity contribution in [1.29, 1.82) is 0 Å². The molecule has 2 aromatic rings. The average molecular weight is 402 g/mol. The monoisotopic (exact) mass is 402 g/mol. The molecule has 0 atom stereocenters. The summed E-state index contributed by atoms with van der Waals surface area (Å²) in [6.07, 6.45) is 6.63. The molecule has 0 saturated carbocycles. The number of aromatic nitrogens is 1. The van der Waals surface area contributed by atoms with E-state index in [0.717, 1.165) is 37.8 Å². The van der Waals surface area contributed by atoms with E-state index in [-0.39, 0.29) is 24.0 Å². The van der Waals surface area contributed by atoms with Crippen LogP contribution in [-0.2, 0) is 13.0 Å². The van der Waals surface area contributed by atoms with E-state index in [1.807, 2.05) is 24.3 Å². The van der Waals surface area contributed by atoms with Gasteiger partial charge in [-0.15, -0.1) is 24.0 Å². The number of halogens is 1. The van der Waals surface area contributed by atoms with Crippen molar-refractivity contribution in [3.8, 4) is 0 Å². The normalized spacial score (nSPS) is 11.0. The molecule has 2 heterocycles. The first kappa shape index (κ1) is 17.6. The summed E-state index contributed by atoms with van der Waals surface area (Å²) in [5, 5.41) is 6.57. The molecule has 0 aliphatic heterocycles. The van der Waals surface area contributed by atoms with Crippen molar-refractivity contribution in [3.05, 3.63) is 48.7 Å². The number of nitrogens with zero attached hydrogens (tertiary/aromatic N) is 2. The van der Waals surface area contributed by atoms with Crippen LogP contribution in [-0.4, -0.2) is 30.2 Å². The lowest BCUT2D eigenvalue weighted by Gasteiger charge is -2.11.